The van der Waals surface area contributed by atoms with E-state index in [1.807, 2.05) is 11.4 Å². The van der Waals surface area contributed by atoms with Crippen molar-refractivity contribution in [2.24, 2.45) is 0 Å². The van der Waals surface area contributed by atoms with E-state index in [-0.39, 0.29) is 6.04 Å². The SMILES string of the molecule is CNC(c1cc(OC)cs1)c1cc(F)ccc1F. The molecular weight excluding hydrogens is 256 g/mol. The lowest BCUT2D eigenvalue weighted by Crippen LogP contribution is -2.18. The average Bonchev–Trinajstić information content (AvgIpc) is 2.83. The van der Waals surface area contributed by atoms with Crippen molar-refractivity contribution in [1.29, 1.82) is 0 Å². The molecule has 1 aromatic heterocycles. The fourth-order valence-electron chi connectivity index (χ4n) is 1.78. The smallest absolute Gasteiger partial charge is 0.129 e. The van der Waals surface area contributed by atoms with Crippen LogP contribution in [0.25, 0.3) is 0 Å². The number of hydrogen-bond acceptors (Lipinski definition) is 3. The van der Waals surface area contributed by atoms with Gasteiger partial charge in [-0.1, -0.05) is 0 Å². The highest BCUT2D eigenvalue weighted by molar-refractivity contribution is 7.10. The molecule has 0 saturated carbocycles. The van der Waals surface area contributed by atoms with Gasteiger partial charge in [0.05, 0.1) is 13.2 Å². The fraction of sp³-hybridized carbons (Fsp3) is 0.231. The number of hydrogen-bond donors (Lipinski definition) is 1. The second kappa shape index (κ2) is 5.46. The van der Waals surface area contributed by atoms with Crippen LogP contribution in [-0.2, 0) is 0 Å². The van der Waals surface area contributed by atoms with Gasteiger partial charge in [-0.15, -0.1) is 11.3 Å². The molecule has 0 aliphatic carbocycles. The zero-order valence-corrected chi connectivity index (χ0v) is 10.9. The van der Waals surface area contributed by atoms with Gasteiger partial charge in [-0.25, -0.2) is 8.78 Å². The zero-order valence-electron chi connectivity index (χ0n) is 10.0. The van der Waals surface area contributed by atoms with E-state index in [1.54, 1.807) is 14.2 Å². The predicted octanol–water partition coefficient (Wildman–Crippen LogP) is 3.34. The minimum atomic E-state index is -0.449. The van der Waals surface area contributed by atoms with Crippen molar-refractivity contribution in [3.63, 3.8) is 0 Å². The highest BCUT2D eigenvalue weighted by atomic mass is 32.1. The van der Waals surface area contributed by atoms with Gasteiger partial charge in [0, 0.05) is 15.8 Å². The highest BCUT2D eigenvalue weighted by Crippen LogP contribution is 2.32. The molecule has 1 N–H and O–H groups in total. The summed E-state index contributed by atoms with van der Waals surface area (Å²) in [5.41, 5.74) is 0.294. The first kappa shape index (κ1) is 13.0. The molecule has 2 rings (SSSR count). The lowest BCUT2D eigenvalue weighted by atomic mass is 10.0. The summed E-state index contributed by atoms with van der Waals surface area (Å²) in [5.74, 6) is -0.162. The largest absolute Gasteiger partial charge is 0.496 e. The minimum absolute atomic E-state index is 0.294. The van der Waals surface area contributed by atoms with Crippen LogP contribution < -0.4 is 10.1 Å². The van der Waals surface area contributed by atoms with Gasteiger partial charge in [0.25, 0.3) is 0 Å². The molecule has 0 aliphatic heterocycles. The molecule has 0 bridgehead atoms. The minimum Gasteiger partial charge on any atom is -0.496 e. The molecule has 1 aromatic carbocycles. The van der Waals surface area contributed by atoms with Gasteiger partial charge in [-0.2, -0.15) is 0 Å². The van der Waals surface area contributed by atoms with Crippen LogP contribution in [0.2, 0.25) is 0 Å². The average molecular weight is 269 g/mol. The Hall–Kier alpha value is -1.46. The van der Waals surface area contributed by atoms with Crippen LogP contribution in [0.4, 0.5) is 8.78 Å². The third-order valence-corrected chi connectivity index (χ3v) is 3.65. The number of thiophene rings is 1. The Morgan fingerprint density at radius 3 is 2.67 bits per heavy atom. The Morgan fingerprint density at radius 1 is 1.28 bits per heavy atom. The Labute approximate surface area is 108 Å². The summed E-state index contributed by atoms with van der Waals surface area (Å²) in [4.78, 5) is 0.874. The molecule has 2 aromatic rings. The first-order valence-electron chi connectivity index (χ1n) is 5.40. The maximum atomic E-state index is 13.7. The van der Waals surface area contributed by atoms with Crippen LogP contribution in [0.15, 0.2) is 29.6 Å². The van der Waals surface area contributed by atoms with Crippen molar-refractivity contribution in [2.75, 3.05) is 14.2 Å². The van der Waals surface area contributed by atoms with E-state index in [0.29, 0.717) is 11.3 Å². The molecule has 1 atom stereocenters. The summed E-state index contributed by atoms with van der Waals surface area (Å²) < 4.78 is 32.1. The fourth-order valence-corrected chi connectivity index (χ4v) is 2.76. The predicted molar refractivity (Wildman–Crippen MR) is 68.1 cm³/mol. The monoisotopic (exact) mass is 269 g/mol. The molecule has 96 valence electrons. The zero-order chi connectivity index (χ0) is 13.1. The van der Waals surface area contributed by atoms with E-state index in [9.17, 15) is 8.78 Å². The number of ether oxygens (including phenoxy) is 1. The van der Waals surface area contributed by atoms with Gasteiger partial charge in [-0.3, -0.25) is 0 Å². The van der Waals surface area contributed by atoms with Crippen molar-refractivity contribution in [3.8, 4) is 5.75 Å². The van der Waals surface area contributed by atoms with E-state index in [4.69, 9.17) is 4.74 Å². The van der Waals surface area contributed by atoms with Gasteiger partial charge in [0.1, 0.15) is 17.4 Å². The normalized spacial score (nSPS) is 12.4. The number of nitrogens with one attached hydrogen (secondary N) is 1. The molecule has 2 nitrogen and oxygen atoms in total. The lowest BCUT2D eigenvalue weighted by Gasteiger charge is -2.15. The summed E-state index contributed by atoms with van der Waals surface area (Å²) >= 11 is 1.44. The molecule has 0 amide bonds. The summed E-state index contributed by atoms with van der Waals surface area (Å²) in [5, 5.41) is 4.82. The van der Waals surface area contributed by atoms with Gasteiger partial charge in [0.15, 0.2) is 0 Å². The number of rotatable bonds is 4. The third-order valence-electron chi connectivity index (χ3n) is 2.67. The van der Waals surface area contributed by atoms with Gasteiger partial charge >= 0.3 is 0 Å². The molecule has 0 aliphatic rings. The van der Waals surface area contributed by atoms with Gasteiger partial charge < -0.3 is 10.1 Å². The summed E-state index contributed by atoms with van der Waals surface area (Å²) in [7, 11) is 3.28. The highest BCUT2D eigenvalue weighted by Gasteiger charge is 2.19. The van der Waals surface area contributed by atoms with Crippen LogP contribution in [0.3, 0.4) is 0 Å². The molecule has 1 unspecified atom stereocenters. The summed E-state index contributed by atoms with van der Waals surface area (Å²) in [6.45, 7) is 0. The molecular formula is C13H13F2NOS. The Kier molecular flexibility index (Phi) is 3.93. The van der Waals surface area contributed by atoms with E-state index in [1.165, 1.54) is 17.4 Å². The first-order chi connectivity index (χ1) is 8.65. The van der Waals surface area contributed by atoms with E-state index >= 15 is 0 Å². The summed E-state index contributed by atoms with van der Waals surface area (Å²) in [6, 6.07) is 4.90. The van der Waals surface area contributed by atoms with Crippen LogP contribution in [0, 0.1) is 11.6 Å². The third kappa shape index (κ3) is 2.52. The number of methoxy groups -OCH3 is 1. The van der Waals surface area contributed by atoms with Crippen molar-refractivity contribution >= 4 is 11.3 Å². The lowest BCUT2D eigenvalue weighted by molar-refractivity contribution is 0.416. The topological polar surface area (TPSA) is 21.3 Å². The molecule has 18 heavy (non-hydrogen) atoms. The second-order valence-electron chi connectivity index (χ2n) is 3.78. The maximum Gasteiger partial charge on any atom is 0.129 e. The quantitative estimate of drug-likeness (QED) is 0.919. The Bertz CT molecular complexity index is 542. The van der Waals surface area contributed by atoms with E-state index in [2.05, 4.69) is 5.32 Å². The van der Waals surface area contributed by atoms with E-state index in [0.717, 1.165) is 17.0 Å². The van der Waals surface area contributed by atoms with Crippen LogP contribution in [0.5, 0.6) is 5.75 Å². The van der Waals surface area contributed by atoms with Gasteiger partial charge in [0.2, 0.25) is 0 Å². The molecule has 0 radical (unpaired) electrons. The second-order valence-corrected chi connectivity index (χ2v) is 4.72. The van der Waals surface area contributed by atoms with Crippen LogP contribution >= 0.6 is 11.3 Å². The molecule has 0 spiro atoms. The molecule has 0 fully saturated rings. The number of benzene rings is 1. The molecule has 1 heterocycles. The van der Waals surface area contributed by atoms with Gasteiger partial charge in [-0.05, 0) is 31.3 Å². The van der Waals surface area contributed by atoms with Crippen molar-refractivity contribution in [1.82, 2.24) is 5.32 Å². The standard InChI is InChI=1S/C13H13F2NOS/c1-16-13(12-6-9(17-2)7-18-12)10-5-8(14)3-4-11(10)15/h3-7,13,16H,1-2H3. The maximum absolute atomic E-state index is 13.7. The first-order valence-corrected chi connectivity index (χ1v) is 6.28. The molecule has 0 saturated heterocycles. The molecule has 5 heteroatoms. The van der Waals surface area contributed by atoms with Crippen molar-refractivity contribution < 1.29 is 13.5 Å². The Morgan fingerprint density at radius 2 is 2.06 bits per heavy atom. The van der Waals surface area contributed by atoms with Crippen molar-refractivity contribution in [2.45, 2.75) is 6.04 Å². The summed E-state index contributed by atoms with van der Waals surface area (Å²) in [6.07, 6.45) is 0. The van der Waals surface area contributed by atoms with Crippen LogP contribution in [0.1, 0.15) is 16.5 Å². The van der Waals surface area contributed by atoms with Crippen molar-refractivity contribution in [3.05, 3.63) is 51.7 Å². The van der Waals surface area contributed by atoms with E-state index < -0.39 is 11.6 Å². The number of halogens is 2. The van der Waals surface area contributed by atoms with Crippen LogP contribution in [-0.4, -0.2) is 14.2 Å². The Balaban J connectivity index is 2.41.